The lowest BCUT2D eigenvalue weighted by Gasteiger charge is -2.11. The van der Waals surface area contributed by atoms with Crippen LogP contribution in [-0.2, 0) is 9.59 Å². The van der Waals surface area contributed by atoms with Crippen LogP contribution in [0.25, 0.3) is 0 Å². The molecule has 0 aliphatic carbocycles. The lowest BCUT2D eigenvalue weighted by Crippen LogP contribution is -2.13. The number of benzene rings is 1. The second-order valence-corrected chi connectivity index (χ2v) is 3.41. The third-order valence-corrected chi connectivity index (χ3v) is 2.24. The molecule has 5 nitrogen and oxygen atoms in total. The fourth-order valence-corrected chi connectivity index (χ4v) is 1.41. The predicted molar refractivity (Wildman–Crippen MR) is 55.4 cm³/mol. The van der Waals surface area contributed by atoms with E-state index in [1.54, 1.807) is 0 Å². The van der Waals surface area contributed by atoms with Gasteiger partial charge in [0.25, 0.3) is 0 Å². The third-order valence-electron chi connectivity index (χ3n) is 2.24. The summed E-state index contributed by atoms with van der Waals surface area (Å²) in [7, 11) is 0. The number of hydrogen-bond acceptors (Lipinski definition) is 3. The zero-order valence-electron chi connectivity index (χ0n) is 8.46. The number of rotatable bonds is 5. The minimum Gasteiger partial charge on any atom is -0.508 e. The molecule has 0 bridgehead atoms. The summed E-state index contributed by atoms with van der Waals surface area (Å²) in [6.07, 6.45) is -0.159. The molecular formula is C11H12O5. The molecule has 86 valence electrons. The van der Waals surface area contributed by atoms with Crippen LogP contribution in [0.1, 0.15) is 24.3 Å². The van der Waals surface area contributed by atoms with Crippen LogP contribution in [0.15, 0.2) is 24.3 Å². The lowest BCUT2D eigenvalue weighted by atomic mass is 9.94. The molecule has 0 radical (unpaired) electrons. The minimum absolute atomic E-state index is 0.0371. The number of carboxylic acid groups (broad SMARTS) is 2. The summed E-state index contributed by atoms with van der Waals surface area (Å²) in [4.78, 5) is 21.3. The highest BCUT2D eigenvalue weighted by atomic mass is 16.4. The number of hydrogen-bond donors (Lipinski definition) is 3. The molecule has 1 atom stereocenters. The zero-order valence-corrected chi connectivity index (χ0v) is 8.46. The van der Waals surface area contributed by atoms with Crippen molar-refractivity contribution in [3.8, 4) is 5.75 Å². The smallest absolute Gasteiger partial charge is 0.310 e. The first-order valence-corrected chi connectivity index (χ1v) is 4.74. The summed E-state index contributed by atoms with van der Waals surface area (Å²) >= 11 is 0. The first-order valence-electron chi connectivity index (χ1n) is 4.74. The third kappa shape index (κ3) is 3.27. The van der Waals surface area contributed by atoms with Crippen LogP contribution >= 0.6 is 0 Å². The Kier molecular flexibility index (Phi) is 3.88. The van der Waals surface area contributed by atoms with E-state index in [2.05, 4.69) is 0 Å². The lowest BCUT2D eigenvalue weighted by molar-refractivity contribution is -0.140. The van der Waals surface area contributed by atoms with Crippen LogP contribution in [0, 0.1) is 0 Å². The Balaban J connectivity index is 2.81. The van der Waals surface area contributed by atoms with E-state index in [-0.39, 0.29) is 18.6 Å². The highest BCUT2D eigenvalue weighted by Gasteiger charge is 2.20. The topological polar surface area (TPSA) is 94.8 Å². The minimum atomic E-state index is -1.06. The molecule has 0 aliphatic rings. The molecule has 3 N–H and O–H groups in total. The molecule has 0 amide bonds. The summed E-state index contributed by atoms with van der Waals surface area (Å²) in [5, 5.41) is 26.5. The Labute approximate surface area is 92.0 Å². The van der Waals surface area contributed by atoms with E-state index in [1.165, 1.54) is 24.3 Å². The molecular weight excluding hydrogens is 212 g/mol. The predicted octanol–water partition coefficient (Wildman–Crippen LogP) is 1.43. The normalized spacial score (nSPS) is 12.0. The van der Waals surface area contributed by atoms with Gasteiger partial charge in [-0.1, -0.05) is 12.1 Å². The Morgan fingerprint density at radius 2 is 1.69 bits per heavy atom. The summed E-state index contributed by atoms with van der Waals surface area (Å²) in [5.74, 6) is -2.89. The van der Waals surface area contributed by atoms with Gasteiger partial charge in [0.1, 0.15) is 5.75 Å². The van der Waals surface area contributed by atoms with Gasteiger partial charge in [-0.05, 0) is 24.1 Å². The SMILES string of the molecule is O=C(O)CCC(C(=O)O)c1ccc(O)cc1. The molecule has 0 aliphatic heterocycles. The van der Waals surface area contributed by atoms with Gasteiger partial charge in [0.15, 0.2) is 0 Å². The molecule has 0 heterocycles. The summed E-state index contributed by atoms with van der Waals surface area (Å²) in [6.45, 7) is 0. The maximum absolute atomic E-state index is 10.9. The van der Waals surface area contributed by atoms with Crippen LogP contribution in [0.4, 0.5) is 0 Å². The van der Waals surface area contributed by atoms with E-state index in [9.17, 15) is 9.59 Å². The van der Waals surface area contributed by atoms with Gasteiger partial charge in [-0.2, -0.15) is 0 Å². The second kappa shape index (κ2) is 5.16. The molecule has 0 saturated heterocycles. The number of carbonyl (C=O) groups is 2. The van der Waals surface area contributed by atoms with Gasteiger partial charge in [0.05, 0.1) is 5.92 Å². The highest BCUT2D eigenvalue weighted by Crippen LogP contribution is 2.23. The van der Waals surface area contributed by atoms with Gasteiger partial charge < -0.3 is 15.3 Å². The summed E-state index contributed by atoms with van der Waals surface area (Å²) in [5.41, 5.74) is 0.492. The van der Waals surface area contributed by atoms with Crippen LogP contribution in [0.2, 0.25) is 0 Å². The molecule has 1 aromatic rings. The van der Waals surface area contributed by atoms with Crippen molar-refractivity contribution in [3.05, 3.63) is 29.8 Å². The zero-order chi connectivity index (χ0) is 12.1. The highest BCUT2D eigenvalue weighted by molar-refractivity contribution is 5.77. The van der Waals surface area contributed by atoms with Crippen molar-refractivity contribution < 1.29 is 24.9 Å². The van der Waals surface area contributed by atoms with Crippen molar-refractivity contribution >= 4 is 11.9 Å². The summed E-state index contributed by atoms with van der Waals surface area (Å²) in [6, 6.07) is 5.73. The molecule has 16 heavy (non-hydrogen) atoms. The first kappa shape index (κ1) is 12.0. The number of carboxylic acids is 2. The van der Waals surface area contributed by atoms with Crippen molar-refractivity contribution in [1.82, 2.24) is 0 Å². The molecule has 0 aromatic heterocycles. The monoisotopic (exact) mass is 224 g/mol. The van der Waals surface area contributed by atoms with Crippen LogP contribution in [0.3, 0.4) is 0 Å². The van der Waals surface area contributed by atoms with Gasteiger partial charge in [-0.3, -0.25) is 9.59 Å². The Hall–Kier alpha value is -2.04. The van der Waals surface area contributed by atoms with Gasteiger partial charge >= 0.3 is 11.9 Å². The molecule has 0 spiro atoms. The molecule has 0 saturated carbocycles. The molecule has 5 heteroatoms. The number of aromatic hydroxyl groups is 1. The quantitative estimate of drug-likeness (QED) is 0.703. The van der Waals surface area contributed by atoms with Gasteiger partial charge in [0.2, 0.25) is 0 Å². The van der Waals surface area contributed by atoms with E-state index in [1.807, 2.05) is 0 Å². The summed E-state index contributed by atoms with van der Waals surface area (Å²) < 4.78 is 0. The van der Waals surface area contributed by atoms with Crippen LogP contribution < -0.4 is 0 Å². The Morgan fingerprint density at radius 1 is 1.12 bits per heavy atom. The molecule has 1 aromatic carbocycles. The van der Waals surface area contributed by atoms with Gasteiger partial charge in [0, 0.05) is 6.42 Å². The van der Waals surface area contributed by atoms with E-state index < -0.39 is 17.9 Å². The van der Waals surface area contributed by atoms with Crippen molar-refractivity contribution in [2.24, 2.45) is 0 Å². The van der Waals surface area contributed by atoms with Crippen molar-refractivity contribution in [1.29, 1.82) is 0 Å². The van der Waals surface area contributed by atoms with Crippen LogP contribution in [-0.4, -0.2) is 27.3 Å². The second-order valence-electron chi connectivity index (χ2n) is 3.41. The fraction of sp³-hybridized carbons (Fsp3) is 0.273. The average molecular weight is 224 g/mol. The Bertz CT molecular complexity index is 382. The average Bonchev–Trinajstić information content (AvgIpc) is 2.20. The molecule has 1 rings (SSSR count). The maximum Gasteiger partial charge on any atom is 0.310 e. The van der Waals surface area contributed by atoms with E-state index in [4.69, 9.17) is 15.3 Å². The molecule has 0 fully saturated rings. The van der Waals surface area contributed by atoms with Gasteiger partial charge in [-0.15, -0.1) is 0 Å². The number of phenolic OH excluding ortho intramolecular Hbond substituents is 1. The molecule has 1 unspecified atom stereocenters. The first-order chi connectivity index (χ1) is 7.50. The van der Waals surface area contributed by atoms with E-state index >= 15 is 0 Å². The van der Waals surface area contributed by atoms with Crippen molar-refractivity contribution in [3.63, 3.8) is 0 Å². The van der Waals surface area contributed by atoms with E-state index in [0.29, 0.717) is 5.56 Å². The van der Waals surface area contributed by atoms with Crippen molar-refractivity contribution in [2.75, 3.05) is 0 Å². The fourth-order valence-electron chi connectivity index (χ4n) is 1.41. The number of phenols is 1. The number of aliphatic carboxylic acids is 2. The van der Waals surface area contributed by atoms with E-state index in [0.717, 1.165) is 0 Å². The maximum atomic E-state index is 10.9. The van der Waals surface area contributed by atoms with Crippen molar-refractivity contribution in [2.45, 2.75) is 18.8 Å². The Morgan fingerprint density at radius 3 is 2.12 bits per heavy atom. The van der Waals surface area contributed by atoms with Crippen LogP contribution in [0.5, 0.6) is 5.75 Å². The largest absolute Gasteiger partial charge is 0.508 e. The standard InChI is InChI=1S/C11H12O5/c12-8-3-1-7(2-4-8)9(11(15)16)5-6-10(13)14/h1-4,9,12H,5-6H2,(H,13,14)(H,15,16). The van der Waals surface area contributed by atoms with Gasteiger partial charge in [-0.25, -0.2) is 0 Å².